The van der Waals surface area contributed by atoms with Crippen molar-refractivity contribution >= 4 is 27.5 Å². The fraction of sp³-hybridized carbons (Fsp3) is 0.455. The van der Waals surface area contributed by atoms with Crippen LogP contribution in [0.5, 0.6) is 0 Å². The van der Waals surface area contributed by atoms with Gasteiger partial charge in [0.05, 0.1) is 0 Å². The predicted molar refractivity (Wildman–Crippen MR) is 71.4 cm³/mol. The number of nitrogens with zero attached hydrogens (tertiary/aromatic N) is 1. The second-order valence-electron chi connectivity index (χ2n) is 4.05. The van der Waals surface area contributed by atoms with Crippen LogP contribution in [0.25, 0.3) is 0 Å². The van der Waals surface area contributed by atoms with Crippen molar-refractivity contribution < 1.29 is 8.42 Å². The van der Waals surface area contributed by atoms with Crippen LogP contribution in [0, 0.1) is 0 Å². The number of halogens is 1. The molecule has 1 aromatic rings. The number of alkyl halides is 1. The zero-order chi connectivity index (χ0) is 13.1. The molecule has 0 spiro atoms. The summed E-state index contributed by atoms with van der Waals surface area (Å²) < 4.78 is 27.6. The predicted octanol–water partition coefficient (Wildman–Crippen LogP) is 2.42. The molecule has 0 saturated carbocycles. The van der Waals surface area contributed by atoms with Crippen LogP contribution in [-0.2, 0) is 16.1 Å². The lowest BCUT2D eigenvalue weighted by atomic mass is 10.2. The zero-order valence-electron chi connectivity index (χ0n) is 10.1. The molecule has 1 aromatic carbocycles. The Bertz CT molecular complexity index is 457. The Hall–Kier alpha value is -0.780. The molecular formula is C11H17ClN2O2S. The Kier molecular flexibility index (Phi) is 4.80. The highest BCUT2D eigenvalue weighted by Crippen LogP contribution is 2.14. The van der Waals surface area contributed by atoms with E-state index >= 15 is 0 Å². The Balaban J connectivity index is 2.83. The lowest BCUT2D eigenvalue weighted by molar-refractivity contribution is 0.414. The summed E-state index contributed by atoms with van der Waals surface area (Å²) in [6.07, 6.45) is 0. The number of benzene rings is 1. The molecule has 0 fully saturated rings. The molecule has 0 saturated heterocycles. The van der Waals surface area contributed by atoms with Crippen LogP contribution in [-0.4, -0.2) is 25.8 Å². The van der Waals surface area contributed by atoms with Crippen LogP contribution in [0.1, 0.15) is 19.4 Å². The maximum atomic E-state index is 11.9. The van der Waals surface area contributed by atoms with Crippen molar-refractivity contribution in [1.82, 2.24) is 4.31 Å². The average Bonchev–Trinajstić information content (AvgIpc) is 2.28. The molecule has 6 heteroatoms. The van der Waals surface area contributed by atoms with Crippen molar-refractivity contribution in [3.05, 3.63) is 29.8 Å². The van der Waals surface area contributed by atoms with E-state index in [1.807, 2.05) is 13.8 Å². The van der Waals surface area contributed by atoms with E-state index in [2.05, 4.69) is 4.72 Å². The Morgan fingerprint density at radius 3 is 2.24 bits per heavy atom. The van der Waals surface area contributed by atoms with E-state index in [9.17, 15) is 8.42 Å². The summed E-state index contributed by atoms with van der Waals surface area (Å²) >= 11 is 5.66. The van der Waals surface area contributed by atoms with E-state index in [0.29, 0.717) is 11.6 Å². The number of hydrogen-bond acceptors (Lipinski definition) is 2. The van der Waals surface area contributed by atoms with Crippen LogP contribution >= 0.6 is 11.6 Å². The van der Waals surface area contributed by atoms with Crippen molar-refractivity contribution in [2.45, 2.75) is 25.8 Å². The molecule has 4 nitrogen and oxygen atoms in total. The van der Waals surface area contributed by atoms with Gasteiger partial charge in [0.15, 0.2) is 0 Å². The van der Waals surface area contributed by atoms with Gasteiger partial charge in [-0.2, -0.15) is 12.7 Å². The largest absolute Gasteiger partial charge is 0.301 e. The first-order valence-corrected chi connectivity index (χ1v) is 7.25. The van der Waals surface area contributed by atoms with Gasteiger partial charge >= 0.3 is 10.2 Å². The Labute approximate surface area is 108 Å². The highest BCUT2D eigenvalue weighted by atomic mass is 35.5. The molecular weight excluding hydrogens is 260 g/mol. The first-order valence-electron chi connectivity index (χ1n) is 5.27. The van der Waals surface area contributed by atoms with E-state index < -0.39 is 10.2 Å². The maximum absolute atomic E-state index is 11.9. The second-order valence-corrected chi connectivity index (χ2v) is 6.05. The molecule has 0 aliphatic carbocycles. The molecule has 0 amide bonds. The number of hydrogen-bond donors (Lipinski definition) is 1. The molecule has 0 radical (unpaired) electrons. The Morgan fingerprint density at radius 1 is 1.29 bits per heavy atom. The monoisotopic (exact) mass is 276 g/mol. The lowest BCUT2D eigenvalue weighted by Gasteiger charge is -2.21. The van der Waals surface area contributed by atoms with Crippen LogP contribution in [0.15, 0.2) is 24.3 Å². The van der Waals surface area contributed by atoms with Gasteiger partial charge in [0, 0.05) is 24.7 Å². The first-order chi connectivity index (χ1) is 7.86. The minimum absolute atomic E-state index is 0.0883. The van der Waals surface area contributed by atoms with Crippen molar-refractivity contribution in [1.29, 1.82) is 0 Å². The summed E-state index contributed by atoms with van der Waals surface area (Å²) in [5, 5.41) is 0. The average molecular weight is 277 g/mol. The van der Waals surface area contributed by atoms with E-state index in [0.717, 1.165) is 5.56 Å². The molecule has 0 aliphatic rings. The van der Waals surface area contributed by atoms with Crippen LogP contribution in [0.4, 0.5) is 5.69 Å². The van der Waals surface area contributed by atoms with Gasteiger partial charge in [-0.05, 0) is 31.5 Å². The van der Waals surface area contributed by atoms with Crippen molar-refractivity contribution in [2.75, 3.05) is 11.8 Å². The van der Waals surface area contributed by atoms with E-state index in [1.165, 1.54) is 4.31 Å². The molecule has 96 valence electrons. The topological polar surface area (TPSA) is 49.4 Å². The van der Waals surface area contributed by atoms with Crippen molar-refractivity contribution in [3.8, 4) is 0 Å². The lowest BCUT2D eigenvalue weighted by Crippen LogP contribution is -2.37. The normalized spacial score (nSPS) is 12.1. The quantitative estimate of drug-likeness (QED) is 0.840. The van der Waals surface area contributed by atoms with E-state index in [1.54, 1.807) is 31.3 Å². The van der Waals surface area contributed by atoms with Crippen molar-refractivity contribution in [3.63, 3.8) is 0 Å². The van der Waals surface area contributed by atoms with Gasteiger partial charge in [0.1, 0.15) is 0 Å². The van der Waals surface area contributed by atoms with Gasteiger partial charge in [0.25, 0.3) is 0 Å². The van der Waals surface area contributed by atoms with Gasteiger partial charge in [-0.1, -0.05) is 12.1 Å². The van der Waals surface area contributed by atoms with Gasteiger partial charge in [-0.25, -0.2) is 0 Å². The second kappa shape index (κ2) is 5.71. The standard InChI is InChI=1S/C11H17ClN2O2S/c1-9(2)14(3)17(15,16)13-11-6-4-10(8-12)5-7-11/h4-7,9,13H,8H2,1-3H3. The number of nitrogens with one attached hydrogen (secondary N) is 1. The van der Waals surface area contributed by atoms with Gasteiger partial charge in [0.2, 0.25) is 0 Å². The molecule has 0 aromatic heterocycles. The molecule has 0 aliphatic heterocycles. The minimum atomic E-state index is -3.48. The zero-order valence-corrected chi connectivity index (χ0v) is 11.7. The van der Waals surface area contributed by atoms with Crippen LogP contribution in [0.2, 0.25) is 0 Å². The van der Waals surface area contributed by atoms with Crippen LogP contribution in [0.3, 0.4) is 0 Å². The summed E-state index contributed by atoms with van der Waals surface area (Å²) in [6, 6.07) is 6.89. The molecule has 1 N–H and O–H groups in total. The molecule has 0 atom stereocenters. The van der Waals surface area contributed by atoms with Gasteiger partial charge in [-0.15, -0.1) is 11.6 Å². The summed E-state index contributed by atoms with van der Waals surface area (Å²) in [7, 11) is -1.94. The van der Waals surface area contributed by atoms with Gasteiger partial charge in [-0.3, -0.25) is 4.72 Å². The summed E-state index contributed by atoms with van der Waals surface area (Å²) in [4.78, 5) is 0. The molecule has 0 heterocycles. The van der Waals surface area contributed by atoms with Crippen LogP contribution < -0.4 is 4.72 Å². The van der Waals surface area contributed by atoms with Crippen molar-refractivity contribution in [2.24, 2.45) is 0 Å². The highest BCUT2D eigenvalue weighted by molar-refractivity contribution is 7.90. The molecule has 1 rings (SSSR count). The number of anilines is 1. The summed E-state index contributed by atoms with van der Waals surface area (Å²) in [5.74, 6) is 0.416. The van der Waals surface area contributed by atoms with E-state index in [-0.39, 0.29) is 6.04 Å². The SMILES string of the molecule is CC(C)N(C)S(=O)(=O)Nc1ccc(CCl)cc1. The third kappa shape index (κ3) is 3.87. The maximum Gasteiger partial charge on any atom is 0.301 e. The fourth-order valence-corrected chi connectivity index (χ4v) is 2.47. The Morgan fingerprint density at radius 2 is 1.82 bits per heavy atom. The van der Waals surface area contributed by atoms with E-state index in [4.69, 9.17) is 11.6 Å². The fourth-order valence-electron chi connectivity index (χ4n) is 1.16. The minimum Gasteiger partial charge on any atom is -0.271 e. The summed E-state index contributed by atoms with van der Waals surface area (Å²) in [5.41, 5.74) is 1.48. The third-order valence-corrected chi connectivity index (χ3v) is 4.44. The summed E-state index contributed by atoms with van der Waals surface area (Å²) in [6.45, 7) is 3.63. The third-order valence-electron chi connectivity index (χ3n) is 2.46. The number of rotatable bonds is 5. The smallest absolute Gasteiger partial charge is 0.271 e. The molecule has 0 bridgehead atoms. The first kappa shape index (κ1) is 14.3. The highest BCUT2D eigenvalue weighted by Gasteiger charge is 2.19. The molecule has 0 unspecified atom stereocenters. The van der Waals surface area contributed by atoms with Gasteiger partial charge < -0.3 is 0 Å². The molecule has 17 heavy (non-hydrogen) atoms.